The maximum atomic E-state index is 16.0. The van der Waals surface area contributed by atoms with Crippen LogP contribution in [0.1, 0.15) is 63.2 Å². The Bertz CT molecular complexity index is 1580. The molecule has 0 spiro atoms. The molecule has 39 heavy (non-hydrogen) atoms. The molecule has 1 aliphatic heterocycles. The Morgan fingerprint density at radius 1 is 1.08 bits per heavy atom. The van der Waals surface area contributed by atoms with Crippen LogP contribution < -0.4 is 15.1 Å². The molecule has 9 heteroatoms. The van der Waals surface area contributed by atoms with Crippen molar-refractivity contribution in [1.29, 1.82) is 0 Å². The minimum Gasteiger partial charge on any atom is -0.487 e. The molecule has 0 unspecified atom stereocenters. The first kappa shape index (κ1) is 25.8. The number of aromatic nitrogens is 1. The van der Waals surface area contributed by atoms with E-state index in [4.69, 9.17) is 4.74 Å². The molecule has 3 aliphatic rings. The number of hydrogen-bond acceptors (Lipinski definition) is 4. The van der Waals surface area contributed by atoms with Crippen molar-refractivity contribution in [1.82, 2.24) is 4.57 Å². The molecule has 206 valence electrons. The zero-order valence-electron chi connectivity index (χ0n) is 22.2. The number of halogens is 3. The van der Waals surface area contributed by atoms with Crippen LogP contribution in [0.3, 0.4) is 0 Å². The second-order valence-electron chi connectivity index (χ2n) is 12.0. The summed E-state index contributed by atoms with van der Waals surface area (Å²) >= 11 is 0. The second-order valence-corrected chi connectivity index (χ2v) is 12.0. The number of fused-ring (bicyclic) bond motifs is 3. The summed E-state index contributed by atoms with van der Waals surface area (Å²) in [6, 6.07) is 4.94. The quantitative estimate of drug-likeness (QED) is 0.411. The van der Waals surface area contributed by atoms with Crippen LogP contribution in [0.2, 0.25) is 0 Å². The van der Waals surface area contributed by atoms with Gasteiger partial charge in [-0.1, -0.05) is 20.8 Å². The summed E-state index contributed by atoms with van der Waals surface area (Å²) in [4.78, 5) is 26.3. The van der Waals surface area contributed by atoms with E-state index in [1.165, 1.54) is 12.1 Å². The van der Waals surface area contributed by atoms with Crippen LogP contribution >= 0.6 is 0 Å². The van der Waals surface area contributed by atoms with Crippen molar-refractivity contribution < 1.29 is 27.8 Å². The predicted octanol–water partition coefficient (Wildman–Crippen LogP) is 6.30. The highest BCUT2D eigenvalue weighted by Crippen LogP contribution is 2.66. The number of hydrogen-bond donors (Lipinski definition) is 1. The number of pyridine rings is 1. The molecule has 6 nitrogen and oxygen atoms in total. The number of nitrogens with zero attached hydrogens (tertiary/aromatic N) is 2. The molecule has 3 atom stereocenters. The SMILES string of the molecule is CC1(C)[C@H]2CC[C@@]1(C)[C@@H](Oc1ccc(-n3cc(C(=O)O)c(=O)c4cc(F)c(N5CCCC5)c(F)c43)cc1F)C2. The van der Waals surface area contributed by atoms with Gasteiger partial charge in [0.05, 0.1) is 10.9 Å². The van der Waals surface area contributed by atoms with E-state index in [-0.39, 0.29) is 39.6 Å². The molecule has 2 heterocycles. The van der Waals surface area contributed by atoms with Crippen LogP contribution in [0.5, 0.6) is 5.75 Å². The Balaban J connectivity index is 1.46. The molecule has 1 aromatic heterocycles. The van der Waals surface area contributed by atoms with Gasteiger partial charge in [-0.05, 0) is 61.6 Å². The number of benzene rings is 2. The highest BCUT2D eigenvalue weighted by Gasteiger charge is 2.62. The van der Waals surface area contributed by atoms with Crippen molar-refractivity contribution in [2.24, 2.45) is 16.7 Å². The topological polar surface area (TPSA) is 71.8 Å². The summed E-state index contributed by atoms with van der Waals surface area (Å²) in [6.45, 7) is 7.58. The van der Waals surface area contributed by atoms with E-state index in [0.29, 0.717) is 19.0 Å². The first-order valence-corrected chi connectivity index (χ1v) is 13.5. The average Bonchev–Trinajstić information content (AvgIpc) is 3.52. The van der Waals surface area contributed by atoms with Gasteiger partial charge in [0.15, 0.2) is 17.4 Å². The number of carbonyl (C=O) groups is 1. The number of ether oxygens (including phenoxy) is 1. The van der Waals surface area contributed by atoms with Crippen molar-refractivity contribution in [2.45, 2.75) is 59.0 Å². The molecule has 0 radical (unpaired) electrons. The lowest BCUT2D eigenvalue weighted by molar-refractivity contribution is 0.0278. The van der Waals surface area contributed by atoms with Gasteiger partial charge in [0.1, 0.15) is 23.2 Å². The largest absolute Gasteiger partial charge is 0.487 e. The van der Waals surface area contributed by atoms with Crippen LogP contribution in [0.15, 0.2) is 35.3 Å². The average molecular weight is 541 g/mol. The maximum Gasteiger partial charge on any atom is 0.341 e. The Labute approximate surface area is 224 Å². The molecule has 3 aromatic rings. The molecule has 0 amide bonds. The molecule has 2 aromatic carbocycles. The van der Waals surface area contributed by atoms with E-state index in [9.17, 15) is 14.7 Å². The van der Waals surface area contributed by atoms with Crippen LogP contribution in [0.4, 0.5) is 18.9 Å². The molecule has 3 fully saturated rings. The number of aromatic carboxylic acids is 1. The number of rotatable bonds is 5. The second kappa shape index (κ2) is 8.76. The van der Waals surface area contributed by atoms with E-state index in [1.54, 1.807) is 4.90 Å². The van der Waals surface area contributed by atoms with Crippen molar-refractivity contribution in [3.8, 4) is 11.4 Å². The van der Waals surface area contributed by atoms with Gasteiger partial charge >= 0.3 is 5.97 Å². The van der Waals surface area contributed by atoms with Gasteiger partial charge in [0.25, 0.3) is 0 Å². The molecule has 2 aliphatic carbocycles. The first-order chi connectivity index (χ1) is 18.4. The van der Waals surface area contributed by atoms with E-state index >= 15 is 13.2 Å². The minimum atomic E-state index is -1.55. The zero-order chi connectivity index (χ0) is 27.9. The monoisotopic (exact) mass is 540 g/mol. The van der Waals surface area contributed by atoms with E-state index in [2.05, 4.69) is 20.8 Å². The normalized spacial score (nSPS) is 25.5. The van der Waals surface area contributed by atoms with Crippen molar-refractivity contribution >= 4 is 22.6 Å². The molecule has 2 saturated carbocycles. The van der Waals surface area contributed by atoms with Crippen LogP contribution in [0.25, 0.3) is 16.6 Å². The third-order valence-corrected chi connectivity index (χ3v) is 9.99. The standard InChI is InChI=1S/C30H31F3N2O4/c1-29(2)16-8-9-30(29,3)23(12-16)39-22-7-6-17(13-20(22)31)35-15-19(28(37)38)27(36)18-14-21(32)26(24(33)25(18)35)34-10-4-5-11-34/h6-7,13-16,23H,4-5,8-12H2,1-3H3,(H,37,38)/t16-,23-,30-/m0/s1. The first-order valence-electron chi connectivity index (χ1n) is 13.5. The van der Waals surface area contributed by atoms with Crippen LogP contribution in [-0.2, 0) is 0 Å². The summed E-state index contributed by atoms with van der Waals surface area (Å²) in [5, 5.41) is 9.21. The highest BCUT2D eigenvalue weighted by atomic mass is 19.1. The van der Waals surface area contributed by atoms with Crippen LogP contribution in [-0.4, -0.2) is 34.8 Å². The number of carboxylic acids is 1. The molecular formula is C30H31F3N2O4. The fourth-order valence-corrected chi connectivity index (χ4v) is 7.19. The van der Waals surface area contributed by atoms with Gasteiger partial charge in [-0.2, -0.15) is 0 Å². The van der Waals surface area contributed by atoms with Gasteiger partial charge in [-0.3, -0.25) is 4.79 Å². The van der Waals surface area contributed by atoms with Gasteiger partial charge in [-0.15, -0.1) is 0 Å². The lowest BCUT2D eigenvalue weighted by atomic mass is 9.70. The molecule has 6 rings (SSSR count). The smallest absolute Gasteiger partial charge is 0.341 e. The van der Waals surface area contributed by atoms with E-state index in [0.717, 1.165) is 55.0 Å². The van der Waals surface area contributed by atoms with Gasteiger partial charge < -0.3 is 19.3 Å². The zero-order valence-corrected chi connectivity index (χ0v) is 22.2. The predicted molar refractivity (Wildman–Crippen MR) is 141 cm³/mol. The third-order valence-electron chi connectivity index (χ3n) is 9.99. The fraction of sp³-hybridized carbons (Fsp3) is 0.467. The van der Waals surface area contributed by atoms with E-state index in [1.807, 2.05) is 0 Å². The van der Waals surface area contributed by atoms with Crippen molar-refractivity contribution in [3.05, 3.63) is 63.7 Å². The Kier molecular flexibility index (Phi) is 5.79. The molecule has 2 bridgehead atoms. The fourth-order valence-electron chi connectivity index (χ4n) is 7.19. The third kappa shape index (κ3) is 3.68. The van der Waals surface area contributed by atoms with Crippen molar-refractivity contribution in [3.63, 3.8) is 0 Å². The highest BCUT2D eigenvalue weighted by molar-refractivity contribution is 5.94. The molecule has 1 saturated heterocycles. The molecular weight excluding hydrogens is 509 g/mol. The van der Waals surface area contributed by atoms with Gasteiger partial charge in [-0.25, -0.2) is 18.0 Å². The van der Waals surface area contributed by atoms with Gasteiger partial charge in [0, 0.05) is 36.5 Å². The summed E-state index contributed by atoms with van der Waals surface area (Å²) in [7, 11) is 0. The lowest BCUT2D eigenvalue weighted by Gasteiger charge is -2.38. The Morgan fingerprint density at radius 3 is 2.38 bits per heavy atom. The Morgan fingerprint density at radius 2 is 1.79 bits per heavy atom. The van der Waals surface area contributed by atoms with Crippen LogP contribution in [0, 0.1) is 34.2 Å². The summed E-state index contributed by atoms with van der Waals surface area (Å²) in [6.07, 6.45) is 5.33. The maximum absolute atomic E-state index is 16.0. The lowest BCUT2D eigenvalue weighted by Crippen LogP contribution is -2.39. The van der Waals surface area contributed by atoms with Crippen molar-refractivity contribution in [2.75, 3.05) is 18.0 Å². The van der Waals surface area contributed by atoms with E-state index < -0.39 is 39.8 Å². The number of anilines is 1. The number of carboxylic acid groups (broad SMARTS) is 1. The summed E-state index contributed by atoms with van der Waals surface area (Å²) < 4.78 is 53.9. The minimum absolute atomic E-state index is 0.0569. The summed E-state index contributed by atoms with van der Waals surface area (Å²) in [5.74, 6) is -3.61. The summed E-state index contributed by atoms with van der Waals surface area (Å²) in [5.41, 5.74) is -2.18. The molecule has 1 N–H and O–H groups in total. The Hall–Kier alpha value is -3.49. The van der Waals surface area contributed by atoms with Gasteiger partial charge in [0.2, 0.25) is 5.43 Å².